The second-order valence-corrected chi connectivity index (χ2v) is 6.68. The highest BCUT2D eigenvalue weighted by Crippen LogP contribution is 2.22. The molecule has 0 saturated heterocycles. The third-order valence-corrected chi connectivity index (χ3v) is 4.15. The first kappa shape index (κ1) is 18.8. The van der Waals surface area contributed by atoms with Gasteiger partial charge in [-0.2, -0.15) is 0 Å². The summed E-state index contributed by atoms with van der Waals surface area (Å²) in [6.45, 7) is 2.45. The maximum atomic E-state index is 5.72. The van der Waals surface area contributed by atoms with Gasteiger partial charge in [-0.15, -0.1) is 22.0 Å². The minimum Gasteiger partial charge on any atom is -0.494 e. The molecular weight excluding hydrogens is 326 g/mol. The predicted molar refractivity (Wildman–Crippen MR) is 96.4 cm³/mol. The molecule has 0 fully saturated rings. The highest BCUT2D eigenvalue weighted by Gasteiger charge is 2.08. The van der Waals surface area contributed by atoms with E-state index in [0.29, 0.717) is 24.1 Å². The summed E-state index contributed by atoms with van der Waals surface area (Å²) in [7, 11) is 5.81. The van der Waals surface area contributed by atoms with Gasteiger partial charge < -0.3 is 18.8 Å². The van der Waals surface area contributed by atoms with Crippen molar-refractivity contribution in [2.75, 3.05) is 46.7 Å². The molecule has 2 aromatic rings. The summed E-state index contributed by atoms with van der Waals surface area (Å²) in [5, 5.41) is 8.18. The lowest BCUT2D eigenvalue weighted by Crippen LogP contribution is -2.15. The molecule has 0 aliphatic carbocycles. The Labute approximate surface area is 147 Å². The Morgan fingerprint density at radius 1 is 1.12 bits per heavy atom. The van der Waals surface area contributed by atoms with Gasteiger partial charge >= 0.3 is 0 Å². The van der Waals surface area contributed by atoms with Crippen molar-refractivity contribution in [2.24, 2.45) is 0 Å². The first-order valence-electron chi connectivity index (χ1n) is 7.96. The molecule has 0 atom stereocenters. The van der Waals surface area contributed by atoms with Crippen LogP contribution in [0.3, 0.4) is 0 Å². The smallest absolute Gasteiger partial charge is 0.247 e. The van der Waals surface area contributed by atoms with Crippen LogP contribution in [0.5, 0.6) is 5.75 Å². The summed E-state index contributed by atoms with van der Waals surface area (Å²) in [4.78, 5) is 2.15. The van der Waals surface area contributed by atoms with E-state index in [2.05, 4.69) is 29.2 Å². The lowest BCUT2D eigenvalue weighted by Gasteiger charge is -2.10. The summed E-state index contributed by atoms with van der Waals surface area (Å²) in [6.07, 6.45) is 1.00. The van der Waals surface area contributed by atoms with Gasteiger partial charge in [-0.05, 0) is 44.8 Å². The number of benzene rings is 1. The first-order chi connectivity index (χ1) is 11.7. The van der Waals surface area contributed by atoms with Crippen LogP contribution in [0.1, 0.15) is 12.3 Å². The molecule has 0 amide bonds. The van der Waals surface area contributed by atoms with Crippen molar-refractivity contribution in [3.8, 4) is 17.2 Å². The molecule has 0 radical (unpaired) electrons. The van der Waals surface area contributed by atoms with Gasteiger partial charge in [0.25, 0.3) is 0 Å². The fraction of sp³-hybridized carbons (Fsp3) is 0.529. The van der Waals surface area contributed by atoms with E-state index in [-0.39, 0.29) is 0 Å². The van der Waals surface area contributed by atoms with Crippen molar-refractivity contribution in [1.82, 2.24) is 15.1 Å². The minimum absolute atomic E-state index is 0.538. The van der Waals surface area contributed by atoms with Gasteiger partial charge in [0.2, 0.25) is 11.8 Å². The summed E-state index contributed by atoms with van der Waals surface area (Å²) >= 11 is 1.71. The first-order valence-corrected chi connectivity index (χ1v) is 9.11. The van der Waals surface area contributed by atoms with Crippen LogP contribution in [-0.4, -0.2) is 61.8 Å². The molecule has 132 valence electrons. The Balaban J connectivity index is 1.81. The summed E-state index contributed by atoms with van der Waals surface area (Å²) in [6, 6.07) is 7.75. The van der Waals surface area contributed by atoms with Gasteiger partial charge in [0.05, 0.1) is 19.0 Å². The van der Waals surface area contributed by atoms with E-state index >= 15 is 0 Å². The van der Waals surface area contributed by atoms with Crippen LogP contribution in [0.25, 0.3) is 11.5 Å². The Kier molecular flexibility index (Phi) is 8.07. The van der Waals surface area contributed by atoms with Gasteiger partial charge in [-0.1, -0.05) is 0 Å². The number of rotatable bonds is 11. The molecule has 0 bridgehead atoms. The van der Waals surface area contributed by atoms with Crippen molar-refractivity contribution in [2.45, 2.75) is 12.2 Å². The van der Waals surface area contributed by atoms with Gasteiger partial charge in [-0.3, -0.25) is 0 Å². The second kappa shape index (κ2) is 10.3. The maximum Gasteiger partial charge on any atom is 0.247 e. The number of aromatic nitrogens is 2. The molecule has 0 aliphatic heterocycles. The van der Waals surface area contributed by atoms with Gasteiger partial charge in [0.15, 0.2) is 0 Å². The largest absolute Gasteiger partial charge is 0.494 e. The number of hydrogen-bond acceptors (Lipinski definition) is 7. The SMILES string of the molecule is COCCSCc1nnc(-c2ccc(OCCCN(C)C)cc2)o1. The Morgan fingerprint density at radius 2 is 1.92 bits per heavy atom. The van der Waals surface area contributed by atoms with Crippen LogP contribution < -0.4 is 4.74 Å². The zero-order chi connectivity index (χ0) is 17.2. The van der Waals surface area contributed by atoms with Gasteiger partial charge in [-0.25, -0.2) is 0 Å². The lowest BCUT2D eigenvalue weighted by molar-refractivity contribution is 0.218. The van der Waals surface area contributed by atoms with Crippen LogP contribution >= 0.6 is 11.8 Å². The molecule has 7 heteroatoms. The topological polar surface area (TPSA) is 60.6 Å². The van der Waals surface area contributed by atoms with Crippen LogP contribution in [0, 0.1) is 0 Å². The van der Waals surface area contributed by atoms with Crippen LogP contribution in [0.4, 0.5) is 0 Å². The van der Waals surface area contributed by atoms with Gasteiger partial charge in [0.1, 0.15) is 5.75 Å². The third-order valence-electron chi connectivity index (χ3n) is 3.24. The van der Waals surface area contributed by atoms with Crippen molar-refractivity contribution in [3.63, 3.8) is 0 Å². The monoisotopic (exact) mass is 351 g/mol. The number of ether oxygens (including phenoxy) is 2. The van der Waals surface area contributed by atoms with Crippen molar-refractivity contribution in [3.05, 3.63) is 30.2 Å². The van der Waals surface area contributed by atoms with E-state index < -0.39 is 0 Å². The zero-order valence-corrected chi connectivity index (χ0v) is 15.3. The van der Waals surface area contributed by atoms with Gasteiger partial charge in [0, 0.05) is 25.0 Å². The number of methoxy groups -OCH3 is 1. The molecule has 0 aliphatic rings. The number of hydrogen-bond donors (Lipinski definition) is 0. The van der Waals surface area contributed by atoms with E-state index in [9.17, 15) is 0 Å². The van der Waals surface area contributed by atoms with E-state index in [1.54, 1.807) is 18.9 Å². The van der Waals surface area contributed by atoms with E-state index in [1.807, 2.05) is 24.3 Å². The highest BCUT2D eigenvalue weighted by atomic mass is 32.2. The molecule has 24 heavy (non-hydrogen) atoms. The Hall–Kier alpha value is -1.57. The predicted octanol–water partition coefficient (Wildman–Crippen LogP) is 2.95. The second-order valence-electron chi connectivity index (χ2n) is 5.58. The minimum atomic E-state index is 0.538. The molecule has 0 N–H and O–H groups in total. The molecule has 0 saturated carbocycles. The van der Waals surface area contributed by atoms with Crippen LogP contribution in [0.2, 0.25) is 0 Å². The molecule has 1 aromatic heterocycles. The molecule has 1 aromatic carbocycles. The summed E-state index contributed by atoms with van der Waals surface area (Å²) in [5.74, 6) is 3.64. The molecule has 1 heterocycles. The summed E-state index contributed by atoms with van der Waals surface area (Å²) in [5.41, 5.74) is 0.899. The lowest BCUT2D eigenvalue weighted by atomic mass is 10.2. The van der Waals surface area contributed by atoms with E-state index in [1.165, 1.54) is 0 Å². The van der Waals surface area contributed by atoms with Crippen molar-refractivity contribution in [1.29, 1.82) is 0 Å². The normalized spacial score (nSPS) is 11.2. The average Bonchev–Trinajstić information content (AvgIpc) is 3.05. The fourth-order valence-electron chi connectivity index (χ4n) is 1.99. The maximum absolute atomic E-state index is 5.72. The van der Waals surface area contributed by atoms with E-state index in [4.69, 9.17) is 13.9 Å². The number of nitrogens with zero attached hydrogens (tertiary/aromatic N) is 3. The van der Waals surface area contributed by atoms with Crippen LogP contribution in [-0.2, 0) is 10.5 Å². The van der Waals surface area contributed by atoms with Crippen molar-refractivity contribution < 1.29 is 13.9 Å². The summed E-state index contributed by atoms with van der Waals surface area (Å²) < 4.78 is 16.4. The average molecular weight is 351 g/mol. The standard InChI is InChI=1S/C17H25N3O3S/c1-20(2)9-4-10-22-15-7-5-14(6-8-15)17-19-18-16(23-17)13-24-12-11-21-3/h5-8H,4,9-13H2,1-3H3. The molecule has 6 nitrogen and oxygen atoms in total. The highest BCUT2D eigenvalue weighted by molar-refractivity contribution is 7.98. The molecule has 0 spiro atoms. The molecular formula is C17H25N3O3S. The quantitative estimate of drug-likeness (QED) is 0.577. The molecule has 2 rings (SSSR count). The zero-order valence-electron chi connectivity index (χ0n) is 14.5. The van der Waals surface area contributed by atoms with Crippen molar-refractivity contribution >= 4 is 11.8 Å². The van der Waals surface area contributed by atoms with Crippen LogP contribution in [0.15, 0.2) is 28.7 Å². The number of thioether (sulfide) groups is 1. The Morgan fingerprint density at radius 3 is 2.62 bits per heavy atom. The Bertz CT molecular complexity index is 587. The third kappa shape index (κ3) is 6.51. The molecule has 0 unspecified atom stereocenters. The van der Waals surface area contributed by atoms with E-state index in [0.717, 1.165) is 36.6 Å². The fourth-order valence-corrected chi connectivity index (χ4v) is 2.71.